The molecule has 3 atom stereocenters. The second-order valence-electron chi connectivity index (χ2n) is 8.67. The van der Waals surface area contributed by atoms with E-state index >= 15 is 0 Å². The summed E-state index contributed by atoms with van der Waals surface area (Å²) < 4.78 is 5.10. The quantitative estimate of drug-likeness (QED) is 0.200. The second-order valence-corrected chi connectivity index (χ2v) is 10.0. The summed E-state index contributed by atoms with van der Waals surface area (Å²) in [7, 11) is 0. The van der Waals surface area contributed by atoms with Gasteiger partial charge in [-0.1, -0.05) is 97.1 Å². The van der Waals surface area contributed by atoms with Crippen molar-refractivity contribution in [2.75, 3.05) is 0 Å². The van der Waals surface area contributed by atoms with Crippen LogP contribution in [0.2, 0.25) is 0 Å². The highest BCUT2D eigenvalue weighted by atomic mass is 32.2. The lowest BCUT2D eigenvalue weighted by Crippen LogP contribution is -2.60. The predicted octanol–water partition coefficient (Wildman–Crippen LogP) is 5.48. The minimum Gasteiger partial charge on any atom is -0.457 e. The molecule has 1 saturated heterocycles. The van der Waals surface area contributed by atoms with Gasteiger partial charge in [0.25, 0.3) is 0 Å². The Balaban J connectivity index is 1.63. The number of amides is 1. The van der Waals surface area contributed by atoms with Gasteiger partial charge in [-0.25, -0.2) is 0 Å². The Labute approximate surface area is 214 Å². The lowest BCUT2D eigenvalue weighted by molar-refractivity contribution is -0.156. The number of hydrogen-bond donors (Lipinski definition) is 1. The van der Waals surface area contributed by atoms with Gasteiger partial charge in [0, 0.05) is 24.9 Å². The molecule has 0 saturated carbocycles. The molecule has 36 heavy (non-hydrogen) atoms. The summed E-state index contributed by atoms with van der Waals surface area (Å²) in [6, 6.07) is 34.5. The van der Waals surface area contributed by atoms with Crippen molar-refractivity contribution in [1.29, 1.82) is 0 Å². The summed E-state index contributed by atoms with van der Waals surface area (Å²) in [4.78, 5) is 29.2. The molecule has 3 aromatic carbocycles. The molecular weight excluding hydrogens is 468 g/mol. The Bertz CT molecular complexity index is 1220. The van der Waals surface area contributed by atoms with Crippen molar-refractivity contribution in [3.63, 3.8) is 0 Å². The van der Waals surface area contributed by atoms with Gasteiger partial charge in [-0.15, -0.1) is 11.8 Å². The lowest BCUT2D eigenvalue weighted by Gasteiger charge is -2.46. The molecule has 5 rings (SSSR count). The molecule has 1 N–H and O–H groups in total. The fourth-order valence-corrected chi connectivity index (χ4v) is 6.54. The topological polar surface area (TPSA) is 68.3 Å². The molecule has 0 aliphatic carbocycles. The number of esters is 1. The van der Waals surface area contributed by atoms with Crippen LogP contribution in [0.15, 0.2) is 116 Å². The zero-order valence-electron chi connectivity index (χ0n) is 19.8. The monoisotopic (exact) mass is 494 g/mol. The van der Waals surface area contributed by atoms with Gasteiger partial charge in [0.05, 0.1) is 10.1 Å². The summed E-state index contributed by atoms with van der Waals surface area (Å²) >= 11 is 1.66. The Kier molecular flexibility index (Phi) is 6.87. The van der Waals surface area contributed by atoms with Crippen LogP contribution in [0.5, 0.6) is 0 Å². The zero-order valence-corrected chi connectivity index (χ0v) is 20.6. The molecule has 6 heteroatoms. The predicted molar refractivity (Wildman–Crippen MR) is 141 cm³/mol. The number of nitrogens with one attached hydrogen (secondary N) is 1. The van der Waals surface area contributed by atoms with Crippen LogP contribution in [-0.4, -0.2) is 22.2 Å². The van der Waals surface area contributed by atoms with Gasteiger partial charge in [-0.3, -0.25) is 14.6 Å². The first-order chi connectivity index (χ1) is 17.6. The highest BCUT2D eigenvalue weighted by Gasteiger charge is 2.52. The number of carbonyl (C=O) groups excluding carboxylic acids is 2. The van der Waals surface area contributed by atoms with E-state index in [-0.39, 0.29) is 11.3 Å². The van der Waals surface area contributed by atoms with Crippen molar-refractivity contribution < 1.29 is 14.3 Å². The maximum Gasteiger partial charge on any atom is 0.303 e. The van der Waals surface area contributed by atoms with E-state index < -0.39 is 22.7 Å². The maximum absolute atomic E-state index is 13.0. The van der Waals surface area contributed by atoms with Crippen LogP contribution in [0.25, 0.3) is 0 Å². The fraction of sp³-hybridized carbons (Fsp3) is 0.167. The van der Waals surface area contributed by atoms with E-state index in [1.54, 1.807) is 30.2 Å². The molecule has 1 aromatic heterocycles. The number of nitrogens with zero attached hydrogens (tertiary/aromatic N) is 1. The third kappa shape index (κ3) is 4.52. The number of β-lactam (4-membered cyclic amide) rings is 1. The van der Waals surface area contributed by atoms with E-state index in [0.717, 1.165) is 16.7 Å². The third-order valence-corrected chi connectivity index (χ3v) is 8.12. The number of rotatable bonds is 8. The van der Waals surface area contributed by atoms with Gasteiger partial charge in [0.2, 0.25) is 5.91 Å². The summed E-state index contributed by atoms with van der Waals surface area (Å²) in [5.41, 5.74) is 3.98. The number of carbonyl (C=O) groups is 2. The van der Waals surface area contributed by atoms with E-state index in [1.165, 1.54) is 6.92 Å². The van der Waals surface area contributed by atoms with Crippen LogP contribution in [0, 0.1) is 5.92 Å². The van der Waals surface area contributed by atoms with E-state index in [4.69, 9.17) is 4.74 Å². The first kappa shape index (κ1) is 23.8. The largest absolute Gasteiger partial charge is 0.457 e. The average Bonchev–Trinajstić information content (AvgIpc) is 2.92. The van der Waals surface area contributed by atoms with Gasteiger partial charge in [-0.2, -0.15) is 0 Å². The van der Waals surface area contributed by atoms with Crippen molar-refractivity contribution >= 4 is 23.6 Å². The Morgan fingerprint density at radius 3 is 1.81 bits per heavy atom. The standard InChI is InChI=1S/C30H26N2O3S/c1-21(33)35-27(22-12-11-19-31-20-22)26-28(34)32-29(26)36-30(23-13-5-2-6-14-23,24-15-7-3-8-16-24)25-17-9-4-10-18-25/h2-20,26-27,29H,1H3,(H,32,34). The lowest BCUT2D eigenvalue weighted by atomic mass is 9.84. The van der Waals surface area contributed by atoms with Crippen LogP contribution in [-0.2, 0) is 19.1 Å². The molecule has 5 nitrogen and oxygen atoms in total. The minimum absolute atomic E-state index is 0.148. The van der Waals surface area contributed by atoms with Crippen LogP contribution >= 0.6 is 11.8 Å². The molecule has 0 spiro atoms. The number of aromatic nitrogens is 1. The molecule has 180 valence electrons. The molecule has 2 heterocycles. The van der Waals surface area contributed by atoms with Crippen LogP contribution in [0.1, 0.15) is 35.3 Å². The van der Waals surface area contributed by atoms with E-state index in [1.807, 2.05) is 60.7 Å². The van der Waals surface area contributed by atoms with Gasteiger partial charge in [-0.05, 0) is 22.8 Å². The highest BCUT2D eigenvalue weighted by Crippen LogP contribution is 2.53. The third-order valence-electron chi connectivity index (χ3n) is 6.39. The molecule has 4 aromatic rings. The molecular formula is C30H26N2O3S. The number of benzene rings is 3. The first-order valence-electron chi connectivity index (χ1n) is 11.8. The smallest absolute Gasteiger partial charge is 0.303 e. The van der Waals surface area contributed by atoms with Gasteiger partial charge in [0.15, 0.2) is 0 Å². The van der Waals surface area contributed by atoms with Crippen molar-refractivity contribution in [2.45, 2.75) is 23.1 Å². The Morgan fingerprint density at radius 2 is 1.39 bits per heavy atom. The van der Waals surface area contributed by atoms with Crippen LogP contribution in [0.4, 0.5) is 0 Å². The summed E-state index contributed by atoms with van der Waals surface area (Å²) in [6.07, 6.45) is 2.58. The molecule has 1 aliphatic heterocycles. The van der Waals surface area contributed by atoms with E-state index in [9.17, 15) is 9.59 Å². The van der Waals surface area contributed by atoms with Gasteiger partial charge >= 0.3 is 5.97 Å². The fourth-order valence-electron chi connectivity index (χ4n) is 4.75. The zero-order chi connectivity index (χ0) is 25.0. The maximum atomic E-state index is 13.0. The Morgan fingerprint density at radius 1 is 0.861 bits per heavy atom. The Hall–Kier alpha value is -3.90. The van der Waals surface area contributed by atoms with Gasteiger partial charge < -0.3 is 10.1 Å². The van der Waals surface area contributed by atoms with E-state index in [0.29, 0.717) is 5.56 Å². The number of ether oxygens (including phenoxy) is 1. The number of thioether (sulfide) groups is 1. The SMILES string of the molecule is CC(=O)OC(c1cccnc1)C1C(=O)NC1SC(c1ccccc1)(c1ccccc1)c1ccccc1. The normalized spacial score (nSPS) is 18.0. The van der Waals surface area contributed by atoms with Crippen LogP contribution in [0.3, 0.4) is 0 Å². The average molecular weight is 495 g/mol. The molecule has 1 fully saturated rings. The molecule has 0 radical (unpaired) electrons. The van der Waals surface area contributed by atoms with Crippen molar-refractivity contribution in [1.82, 2.24) is 10.3 Å². The van der Waals surface area contributed by atoms with Crippen molar-refractivity contribution in [3.8, 4) is 0 Å². The highest BCUT2D eigenvalue weighted by molar-refractivity contribution is 8.01. The number of pyridine rings is 1. The summed E-state index contributed by atoms with van der Waals surface area (Å²) in [6.45, 7) is 1.37. The van der Waals surface area contributed by atoms with Crippen molar-refractivity contribution in [3.05, 3.63) is 138 Å². The van der Waals surface area contributed by atoms with E-state index in [2.05, 4.69) is 46.7 Å². The minimum atomic E-state index is -0.734. The molecule has 0 bridgehead atoms. The van der Waals surface area contributed by atoms with Crippen LogP contribution < -0.4 is 5.32 Å². The van der Waals surface area contributed by atoms with Crippen molar-refractivity contribution in [2.24, 2.45) is 5.92 Å². The number of hydrogen-bond acceptors (Lipinski definition) is 5. The first-order valence-corrected chi connectivity index (χ1v) is 12.7. The molecule has 1 amide bonds. The van der Waals surface area contributed by atoms with Gasteiger partial charge in [0.1, 0.15) is 12.0 Å². The summed E-state index contributed by atoms with van der Waals surface area (Å²) in [5, 5.41) is 2.78. The summed E-state index contributed by atoms with van der Waals surface area (Å²) in [5.74, 6) is -1.16. The molecule has 1 aliphatic rings. The second kappa shape index (κ2) is 10.4. The molecule has 3 unspecified atom stereocenters.